The standard InChI is InChI=1S/C14H17N3O5/c1-21-14(3-2-4-14)8-15-9-5-10-12(6-11(9)17(19)20)22-7-13(18)16-10/h5-6,15H,2-4,7-8H2,1H3,(H,16,18). The minimum absolute atomic E-state index is 0.0829. The maximum atomic E-state index is 11.4. The summed E-state index contributed by atoms with van der Waals surface area (Å²) in [6, 6.07) is 2.86. The van der Waals surface area contributed by atoms with Gasteiger partial charge in [0.2, 0.25) is 0 Å². The smallest absolute Gasteiger partial charge is 0.296 e. The van der Waals surface area contributed by atoms with Gasteiger partial charge in [-0.25, -0.2) is 0 Å². The summed E-state index contributed by atoms with van der Waals surface area (Å²) in [7, 11) is 1.65. The van der Waals surface area contributed by atoms with E-state index in [-0.39, 0.29) is 23.8 Å². The average molecular weight is 307 g/mol. The number of nitrogens with one attached hydrogen (secondary N) is 2. The van der Waals surface area contributed by atoms with Gasteiger partial charge >= 0.3 is 0 Å². The summed E-state index contributed by atoms with van der Waals surface area (Å²) in [4.78, 5) is 22.1. The van der Waals surface area contributed by atoms with E-state index in [9.17, 15) is 14.9 Å². The number of carbonyl (C=O) groups excluding carboxylic acids is 1. The van der Waals surface area contributed by atoms with Crippen LogP contribution in [0.15, 0.2) is 12.1 Å². The number of amides is 1. The van der Waals surface area contributed by atoms with Crippen molar-refractivity contribution in [3.05, 3.63) is 22.2 Å². The summed E-state index contributed by atoms with van der Waals surface area (Å²) in [5, 5.41) is 17.0. The molecule has 1 heterocycles. The zero-order chi connectivity index (χ0) is 15.7. The number of nitro groups is 1. The molecule has 0 unspecified atom stereocenters. The number of anilines is 2. The third-order valence-electron chi connectivity index (χ3n) is 4.23. The average Bonchev–Trinajstić information content (AvgIpc) is 2.45. The van der Waals surface area contributed by atoms with Crippen LogP contribution in [0.2, 0.25) is 0 Å². The van der Waals surface area contributed by atoms with Gasteiger partial charge in [0, 0.05) is 13.7 Å². The van der Waals surface area contributed by atoms with Crippen molar-refractivity contribution in [3.63, 3.8) is 0 Å². The molecular formula is C14H17N3O5. The third kappa shape index (κ3) is 2.57. The summed E-state index contributed by atoms with van der Waals surface area (Å²) in [5.74, 6) is 0.0293. The van der Waals surface area contributed by atoms with Crippen LogP contribution in [-0.2, 0) is 9.53 Å². The Morgan fingerprint density at radius 2 is 2.27 bits per heavy atom. The molecule has 1 aliphatic heterocycles. The molecule has 0 saturated heterocycles. The molecule has 0 bridgehead atoms. The molecule has 0 atom stereocenters. The van der Waals surface area contributed by atoms with Crippen molar-refractivity contribution >= 4 is 23.0 Å². The van der Waals surface area contributed by atoms with E-state index in [1.54, 1.807) is 7.11 Å². The lowest BCUT2D eigenvalue weighted by molar-refractivity contribution is -0.384. The van der Waals surface area contributed by atoms with Crippen molar-refractivity contribution in [1.82, 2.24) is 0 Å². The van der Waals surface area contributed by atoms with Crippen LogP contribution in [0.5, 0.6) is 5.75 Å². The molecule has 3 rings (SSSR count). The van der Waals surface area contributed by atoms with Crippen molar-refractivity contribution in [2.75, 3.05) is 30.9 Å². The van der Waals surface area contributed by atoms with Crippen LogP contribution in [0.4, 0.5) is 17.1 Å². The van der Waals surface area contributed by atoms with Crippen LogP contribution in [0, 0.1) is 10.1 Å². The number of methoxy groups -OCH3 is 1. The molecular weight excluding hydrogens is 290 g/mol. The van der Waals surface area contributed by atoms with Gasteiger partial charge in [0.15, 0.2) is 12.4 Å². The van der Waals surface area contributed by atoms with Crippen molar-refractivity contribution in [3.8, 4) is 5.75 Å². The lowest BCUT2D eigenvalue weighted by Gasteiger charge is -2.40. The molecule has 0 radical (unpaired) electrons. The van der Waals surface area contributed by atoms with Crippen LogP contribution in [0.3, 0.4) is 0 Å². The number of nitrogens with zero attached hydrogens (tertiary/aromatic N) is 1. The Morgan fingerprint density at radius 3 is 2.86 bits per heavy atom. The van der Waals surface area contributed by atoms with Crippen molar-refractivity contribution < 1.29 is 19.2 Å². The summed E-state index contributed by atoms with van der Waals surface area (Å²) >= 11 is 0. The topological polar surface area (TPSA) is 103 Å². The highest BCUT2D eigenvalue weighted by atomic mass is 16.6. The third-order valence-corrected chi connectivity index (χ3v) is 4.23. The highest BCUT2D eigenvalue weighted by Crippen LogP contribution is 2.40. The molecule has 0 spiro atoms. The second-order valence-corrected chi connectivity index (χ2v) is 5.55. The maximum absolute atomic E-state index is 11.4. The van der Waals surface area contributed by atoms with Gasteiger partial charge in [0.25, 0.3) is 11.6 Å². The first-order valence-corrected chi connectivity index (χ1v) is 7.07. The lowest BCUT2D eigenvalue weighted by Crippen LogP contribution is -2.45. The summed E-state index contributed by atoms with van der Waals surface area (Å²) in [6.45, 7) is 0.349. The number of nitro benzene ring substituents is 1. The monoisotopic (exact) mass is 307 g/mol. The van der Waals surface area contributed by atoms with Gasteiger partial charge in [-0.05, 0) is 25.3 Å². The van der Waals surface area contributed by atoms with Crippen LogP contribution >= 0.6 is 0 Å². The number of ether oxygens (including phenoxy) is 2. The first-order chi connectivity index (χ1) is 10.5. The van der Waals surface area contributed by atoms with E-state index in [0.717, 1.165) is 19.3 Å². The molecule has 1 fully saturated rings. The van der Waals surface area contributed by atoms with Gasteiger partial charge in [0.05, 0.1) is 22.3 Å². The number of benzene rings is 1. The lowest BCUT2D eigenvalue weighted by atomic mass is 9.80. The van der Waals surface area contributed by atoms with E-state index in [1.165, 1.54) is 12.1 Å². The minimum Gasteiger partial charge on any atom is -0.481 e. The van der Waals surface area contributed by atoms with Crippen molar-refractivity contribution in [2.24, 2.45) is 0 Å². The van der Waals surface area contributed by atoms with Gasteiger partial charge in [-0.2, -0.15) is 0 Å². The van der Waals surface area contributed by atoms with Gasteiger partial charge in [0.1, 0.15) is 5.69 Å². The Morgan fingerprint density at radius 1 is 1.50 bits per heavy atom. The van der Waals surface area contributed by atoms with E-state index in [0.29, 0.717) is 23.7 Å². The molecule has 1 amide bonds. The quantitative estimate of drug-likeness (QED) is 0.636. The Kier molecular flexibility index (Phi) is 3.61. The first kappa shape index (κ1) is 14.6. The normalized spacial score (nSPS) is 18.5. The van der Waals surface area contributed by atoms with E-state index in [2.05, 4.69) is 10.6 Å². The molecule has 1 aliphatic carbocycles. The molecule has 1 aromatic rings. The first-order valence-electron chi connectivity index (χ1n) is 7.07. The number of hydrogen-bond acceptors (Lipinski definition) is 6. The fourth-order valence-corrected chi connectivity index (χ4v) is 2.69. The molecule has 0 aromatic heterocycles. The molecule has 2 N–H and O–H groups in total. The largest absolute Gasteiger partial charge is 0.481 e. The summed E-state index contributed by atoms with van der Waals surface area (Å²) in [6.07, 6.45) is 2.94. The number of hydrogen-bond donors (Lipinski definition) is 2. The fraction of sp³-hybridized carbons (Fsp3) is 0.500. The molecule has 8 heteroatoms. The Hall–Kier alpha value is -2.35. The van der Waals surface area contributed by atoms with E-state index < -0.39 is 4.92 Å². The maximum Gasteiger partial charge on any atom is 0.296 e. The second kappa shape index (κ2) is 5.45. The zero-order valence-corrected chi connectivity index (χ0v) is 12.2. The highest BCUT2D eigenvalue weighted by Gasteiger charge is 2.37. The summed E-state index contributed by atoms with van der Waals surface area (Å²) in [5.41, 5.74) is 0.437. The highest BCUT2D eigenvalue weighted by molar-refractivity contribution is 5.96. The van der Waals surface area contributed by atoms with E-state index >= 15 is 0 Å². The molecule has 2 aliphatic rings. The van der Waals surface area contributed by atoms with Gasteiger partial charge < -0.3 is 20.1 Å². The minimum atomic E-state index is -0.470. The van der Waals surface area contributed by atoms with Crippen LogP contribution < -0.4 is 15.4 Å². The SMILES string of the molecule is COC1(CNc2cc3c(cc2[N+](=O)[O-])OCC(=O)N3)CCC1. The second-order valence-electron chi connectivity index (χ2n) is 5.55. The predicted molar refractivity (Wildman–Crippen MR) is 79.3 cm³/mol. The molecule has 22 heavy (non-hydrogen) atoms. The Balaban J connectivity index is 1.86. The number of rotatable bonds is 5. The van der Waals surface area contributed by atoms with Gasteiger partial charge in [-0.15, -0.1) is 0 Å². The van der Waals surface area contributed by atoms with E-state index in [4.69, 9.17) is 9.47 Å². The van der Waals surface area contributed by atoms with Crippen LogP contribution in [0.1, 0.15) is 19.3 Å². The fourth-order valence-electron chi connectivity index (χ4n) is 2.69. The Labute approximate surface area is 126 Å². The van der Waals surface area contributed by atoms with Gasteiger partial charge in [-0.1, -0.05) is 0 Å². The van der Waals surface area contributed by atoms with Crippen molar-refractivity contribution in [1.29, 1.82) is 0 Å². The summed E-state index contributed by atoms with van der Waals surface area (Å²) < 4.78 is 10.7. The molecule has 118 valence electrons. The predicted octanol–water partition coefficient (Wildman–Crippen LogP) is 1.91. The van der Waals surface area contributed by atoms with Crippen molar-refractivity contribution in [2.45, 2.75) is 24.9 Å². The van der Waals surface area contributed by atoms with E-state index in [1.807, 2.05) is 0 Å². The molecule has 1 aromatic carbocycles. The number of fused-ring (bicyclic) bond motifs is 1. The zero-order valence-electron chi connectivity index (χ0n) is 12.2. The molecule has 8 nitrogen and oxygen atoms in total. The number of carbonyl (C=O) groups is 1. The van der Waals surface area contributed by atoms with Gasteiger partial charge in [-0.3, -0.25) is 14.9 Å². The van der Waals surface area contributed by atoms with Crippen LogP contribution in [-0.4, -0.2) is 36.7 Å². The molecule has 1 saturated carbocycles. The Bertz CT molecular complexity index is 622. The van der Waals surface area contributed by atoms with Crippen LogP contribution in [0.25, 0.3) is 0 Å².